The highest BCUT2D eigenvalue weighted by molar-refractivity contribution is 6.30. The normalized spacial score (nSPS) is 11.0. The minimum absolute atomic E-state index is 0.194. The Morgan fingerprint density at radius 3 is 2.54 bits per heavy atom. The van der Waals surface area contributed by atoms with Crippen molar-refractivity contribution < 1.29 is 9.21 Å². The summed E-state index contributed by atoms with van der Waals surface area (Å²) in [6.45, 7) is 6.00. The number of nitrogens with one attached hydrogen (secondary N) is 1. The number of aryl methyl sites for hydroxylation is 2. The second-order valence-corrected chi connectivity index (χ2v) is 7.32. The number of aromatic nitrogens is 1. The van der Waals surface area contributed by atoms with Crippen molar-refractivity contribution in [3.05, 3.63) is 81.9 Å². The maximum Gasteiger partial charge on any atom is 0.255 e. The summed E-state index contributed by atoms with van der Waals surface area (Å²) in [5, 5.41) is 3.55. The number of oxazole rings is 1. The van der Waals surface area contributed by atoms with E-state index in [2.05, 4.69) is 16.4 Å². The van der Waals surface area contributed by atoms with E-state index in [0.717, 1.165) is 33.4 Å². The van der Waals surface area contributed by atoms with Crippen LogP contribution in [0.4, 0.5) is 5.69 Å². The largest absolute Gasteiger partial charge is 0.436 e. The summed E-state index contributed by atoms with van der Waals surface area (Å²) in [5.74, 6) is 0.352. The molecule has 0 spiro atoms. The molecule has 5 heteroatoms. The molecule has 4 rings (SSSR count). The molecule has 0 saturated heterocycles. The summed E-state index contributed by atoms with van der Waals surface area (Å²) < 4.78 is 6.04. The number of hydrogen-bond donors (Lipinski definition) is 1. The van der Waals surface area contributed by atoms with E-state index in [1.807, 2.05) is 45.0 Å². The summed E-state index contributed by atoms with van der Waals surface area (Å²) in [7, 11) is 0. The van der Waals surface area contributed by atoms with Crippen molar-refractivity contribution in [3.63, 3.8) is 0 Å². The van der Waals surface area contributed by atoms with Gasteiger partial charge in [-0.3, -0.25) is 4.79 Å². The summed E-state index contributed by atoms with van der Waals surface area (Å²) in [5.41, 5.74) is 6.82. The van der Waals surface area contributed by atoms with Gasteiger partial charge in [0, 0.05) is 21.8 Å². The van der Waals surface area contributed by atoms with Gasteiger partial charge in [0.05, 0.1) is 0 Å². The molecule has 140 valence electrons. The molecule has 4 aromatic rings. The van der Waals surface area contributed by atoms with Crippen LogP contribution >= 0.6 is 11.6 Å². The molecule has 3 aromatic carbocycles. The summed E-state index contributed by atoms with van der Waals surface area (Å²) in [6, 6.07) is 16.6. The Kier molecular flexibility index (Phi) is 4.65. The van der Waals surface area contributed by atoms with Crippen LogP contribution in [-0.2, 0) is 0 Å². The third-order valence-electron chi connectivity index (χ3n) is 4.74. The zero-order valence-electron chi connectivity index (χ0n) is 15.8. The van der Waals surface area contributed by atoms with E-state index in [1.54, 1.807) is 24.3 Å². The van der Waals surface area contributed by atoms with Crippen molar-refractivity contribution in [3.8, 4) is 11.5 Å². The van der Waals surface area contributed by atoms with Gasteiger partial charge in [-0.2, -0.15) is 0 Å². The van der Waals surface area contributed by atoms with Crippen LogP contribution in [0.5, 0.6) is 0 Å². The van der Waals surface area contributed by atoms with Crippen molar-refractivity contribution in [2.75, 3.05) is 5.32 Å². The monoisotopic (exact) mass is 390 g/mol. The van der Waals surface area contributed by atoms with Crippen molar-refractivity contribution in [2.24, 2.45) is 0 Å². The number of hydrogen-bond acceptors (Lipinski definition) is 3. The van der Waals surface area contributed by atoms with E-state index in [4.69, 9.17) is 16.0 Å². The van der Waals surface area contributed by atoms with Gasteiger partial charge in [-0.1, -0.05) is 23.7 Å². The fourth-order valence-corrected chi connectivity index (χ4v) is 3.42. The Balaban J connectivity index is 1.70. The van der Waals surface area contributed by atoms with Crippen molar-refractivity contribution in [2.45, 2.75) is 20.8 Å². The fraction of sp³-hybridized carbons (Fsp3) is 0.130. The molecular formula is C23H19ClN2O2. The Labute approximate surface area is 168 Å². The zero-order valence-corrected chi connectivity index (χ0v) is 16.6. The van der Waals surface area contributed by atoms with Crippen molar-refractivity contribution in [1.82, 2.24) is 4.98 Å². The maximum absolute atomic E-state index is 12.6. The minimum atomic E-state index is -0.194. The van der Waals surface area contributed by atoms with E-state index in [1.165, 1.54) is 0 Å². The van der Waals surface area contributed by atoms with Crippen molar-refractivity contribution in [1.29, 1.82) is 0 Å². The van der Waals surface area contributed by atoms with Crippen LogP contribution in [0, 0.1) is 20.8 Å². The lowest BCUT2D eigenvalue weighted by molar-refractivity contribution is 0.102. The first-order valence-electron chi connectivity index (χ1n) is 8.97. The van der Waals surface area contributed by atoms with Crippen LogP contribution < -0.4 is 5.32 Å². The van der Waals surface area contributed by atoms with Crippen LogP contribution in [0.3, 0.4) is 0 Å². The van der Waals surface area contributed by atoms with E-state index in [9.17, 15) is 4.79 Å². The summed E-state index contributed by atoms with van der Waals surface area (Å²) >= 11 is 5.90. The van der Waals surface area contributed by atoms with Gasteiger partial charge in [-0.15, -0.1) is 0 Å². The molecule has 0 fully saturated rings. The van der Waals surface area contributed by atoms with Crippen LogP contribution in [0.15, 0.2) is 59.0 Å². The molecule has 1 heterocycles. The molecule has 1 aromatic heterocycles. The third-order valence-corrected chi connectivity index (χ3v) is 4.99. The van der Waals surface area contributed by atoms with Crippen LogP contribution in [0.1, 0.15) is 27.0 Å². The lowest BCUT2D eigenvalue weighted by atomic mass is 10.1. The quantitative estimate of drug-likeness (QED) is 0.445. The molecule has 1 N–H and O–H groups in total. The molecule has 0 aliphatic carbocycles. The van der Waals surface area contributed by atoms with Gasteiger partial charge in [0.1, 0.15) is 5.52 Å². The second-order valence-electron chi connectivity index (χ2n) is 6.89. The first kappa shape index (κ1) is 18.3. The van der Waals surface area contributed by atoms with Crippen LogP contribution in [-0.4, -0.2) is 10.9 Å². The molecular weight excluding hydrogens is 372 g/mol. The number of amides is 1. The Hall–Kier alpha value is -3.11. The fourth-order valence-electron chi connectivity index (χ4n) is 3.29. The SMILES string of the molecule is Cc1cc(C)c2oc(-c3cccc(NC(=O)c4ccc(Cl)cc4)c3C)nc2c1. The number of benzene rings is 3. The highest BCUT2D eigenvalue weighted by Crippen LogP contribution is 2.32. The lowest BCUT2D eigenvalue weighted by Gasteiger charge is -2.11. The smallest absolute Gasteiger partial charge is 0.255 e. The number of anilines is 1. The van der Waals surface area contributed by atoms with Crippen molar-refractivity contribution >= 4 is 34.3 Å². The first-order chi connectivity index (χ1) is 13.4. The molecule has 0 aliphatic heterocycles. The molecule has 1 amide bonds. The zero-order chi connectivity index (χ0) is 19.8. The number of carbonyl (C=O) groups is 1. The molecule has 0 bridgehead atoms. The maximum atomic E-state index is 12.6. The summed E-state index contributed by atoms with van der Waals surface area (Å²) in [4.78, 5) is 17.2. The topological polar surface area (TPSA) is 55.1 Å². The molecule has 4 nitrogen and oxygen atoms in total. The first-order valence-corrected chi connectivity index (χ1v) is 9.35. The number of fused-ring (bicyclic) bond motifs is 1. The van der Waals surface area contributed by atoms with E-state index < -0.39 is 0 Å². The Morgan fingerprint density at radius 2 is 1.79 bits per heavy atom. The second kappa shape index (κ2) is 7.13. The lowest BCUT2D eigenvalue weighted by Crippen LogP contribution is -2.12. The van der Waals surface area contributed by atoms with E-state index in [-0.39, 0.29) is 5.91 Å². The van der Waals surface area contributed by atoms with Gasteiger partial charge in [0.15, 0.2) is 5.58 Å². The molecule has 0 unspecified atom stereocenters. The molecule has 0 radical (unpaired) electrons. The van der Waals surface area contributed by atoms with Crippen LogP contribution in [0.2, 0.25) is 5.02 Å². The molecule has 0 atom stereocenters. The molecule has 28 heavy (non-hydrogen) atoms. The number of rotatable bonds is 3. The Morgan fingerprint density at radius 1 is 1.04 bits per heavy atom. The Bertz CT molecular complexity index is 1190. The minimum Gasteiger partial charge on any atom is -0.436 e. The van der Waals surface area contributed by atoms with Gasteiger partial charge in [0.25, 0.3) is 5.91 Å². The predicted octanol–water partition coefficient (Wildman–Crippen LogP) is 6.33. The van der Waals surface area contributed by atoms with Gasteiger partial charge < -0.3 is 9.73 Å². The highest BCUT2D eigenvalue weighted by atomic mass is 35.5. The third kappa shape index (κ3) is 3.39. The average Bonchev–Trinajstić information content (AvgIpc) is 3.08. The van der Waals surface area contributed by atoms with E-state index >= 15 is 0 Å². The van der Waals surface area contributed by atoms with Gasteiger partial charge in [-0.05, 0) is 79.9 Å². The number of halogens is 1. The van der Waals surface area contributed by atoms with Crippen LogP contribution in [0.25, 0.3) is 22.6 Å². The molecule has 0 aliphatic rings. The molecule has 0 saturated carbocycles. The highest BCUT2D eigenvalue weighted by Gasteiger charge is 2.16. The van der Waals surface area contributed by atoms with Gasteiger partial charge >= 0.3 is 0 Å². The number of nitrogens with zero attached hydrogens (tertiary/aromatic N) is 1. The predicted molar refractivity (Wildman–Crippen MR) is 113 cm³/mol. The average molecular weight is 391 g/mol. The van der Waals surface area contributed by atoms with Gasteiger partial charge in [0.2, 0.25) is 5.89 Å². The standard InChI is InChI=1S/C23H19ClN2O2/c1-13-11-14(2)21-20(12-13)26-23(28-21)18-5-4-6-19(15(18)3)25-22(27)16-7-9-17(24)10-8-16/h4-12H,1-3H3,(H,25,27). The van der Waals surface area contributed by atoms with E-state index in [0.29, 0.717) is 22.2 Å². The van der Waals surface area contributed by atoms with Gasteiger partial charge in [-0.25, -0.2) is 4.98 Å². The summed E-state index contributed by atoms with van der Waals surface area (Å²) in [6.07, 6.45) is 0. The number of carbonyl (C=O) groups excluding carboxylic acids is 1.